The molecule has 21 heavy (non-hydrogen) atoms. The number of fused-ring (bicyclic) bond motifs is 1. The Morgan fingerprint density at radius 2 is 2.19 bits per heavy atom. The number of halogens is 2. The quantitative estimate of drug-likeness (QED) is 0.504. The summed E-state index contributed by atoms with van der Waals surface area (Å²) < 4.78 is 25.0. The standard InChI is InChI=1S/C14H13BrFNO3S/c1-3-19-13(18)14(2,21)20-10-5-8-4-9(15)7-17-12(8)11(16)6-10/h4-7,21H,3H2,1-2H3. The molecule has 0 fully saturated rings. The molecule has 0 spiro atoms. The second kappa shape index (κ2) is 6.19. The predicted octanol–water partition coefficient (Wildman–Crippen LogP) is 3.72. The number of thiol groups is 1. The number of carbonyl (C=O) groups is 1. The molecule has 1 atom stereocenters. The van der Waals surface area contributed by atoms with Crippen LogP contribution in [0.3, 0.4) is 0 Å². The summed E-state index contributed by atoms with van der Waals surface area (Å²) in [6, 6.07) is 4.46. The normalized spacial score (nSPS) is 13.8. The summed E-state index contributed by atoms with van der Waals surface area (Å²) in [5.41, 5.74) is 0.225. The van der Waals surface area contributed by atoms with Crippen molar-refractivity contribution in [2.24, 2.45) is 0 Å². The number of hydrogen-bond donors (Lipinski definition) is 1. The van der Waals surface area contributed by atoms with Gasteiger partial charge in [0.1, 0.15) is 11.3 Å². The average Bonchev–Trinajstić information content (AvgIpc) is 2.37. The Labute approximate surface area is 135 Å². The minimum Gasteiger partial charge on any atom is -0.465 e. The Hall–Kier alpha value is -1.34. The Morgan fingerprint density at radius 1 is 1.48 bits per heavy atom. The lowest BCUT2D eigenvalue weighted by atomic mass is 10.2. The lowest BCUT2D eigenvalue weighted by Gasteiger charge is -2.23. The highest BCUT2D eigenvalue weighted by Crippen LogP contribution is 2.29. The van der Waals surface area contributed by atoms with Crippen molar-refractivity contribution in [2.75, 3.05) is 6.61 Å². The van der Waals surface area contributed by atoms with Gasteiger partial charge in [0.25, 0.3) is 0 Å². The zero-order chi connectivity index (χ0) is 15.6. The number of aromatic nitrogens is 1. The van der Waals surface area contributed by atoms with E-state index >= 15 is 0 Å². The van der Waals surface area contributed by atoms with Crippen LogP contribution in [0.1, 0.15) is 13.8 Å². The topological polar surface area (TPSA) is 48.4 Å². The van der Waals surface area contributed by atoms with Gasteiger partial charge in [-0.05, 0) is 41.9 Å². The summed E-state index contributed by atoms with van der Waals surface area (Å²) >= 11 is 7.40. The molecule has 0 saturated carbocycles. The molecule has 0 amide bonds. The van der Waals surface area contributed by atoms with Crippen molar-refractivity contribution in [3.05, 3.63) is 34.7 Å². The fourth-order valence-electron chi connectivity index (χ4n) is 1.75. The third-order valence-corrected chi connectivity index (χ3v) is 3.36. The molecule has 0 aliphatic heterocycles. The average molecular weight is 374 g/mol. The van der Waals surface area contributed by atoms with Crippen LogP contribution in [-0.2, 0) is 9.53 Å². The van der Waals surface area contributed by atoms with Crippen molar-refractivity contribution < 1.29 is 18.7 Å². The van der Waals surface area contributed by atoms with Crippen molar-refractivity contribution in [1.82, 2.24) is 4.98 Å². The molecule has 0 radical (unpaired) electrons. The van der Waals surface area contributed by atoms with Crippen molar-refractivity contribution in [3.8, 4) is 5.75 Å². The smallest absolute Gasteiger partial charge is 0.360 e. The molecule has 1 aromatic carbocycles. The molecule has 0 saturated heterocycles. The van der Waals surface area contributed by atoms with Gasteiger partial charge in [0.05, 0.1) is 6.61 Å². The first-order valence-electron chi connectivity index (χ1n) is 6.17. The number of carbonyl (C=O) groups excluding carboxylic acids is 1. The van der Waals surface area contributed by atoms with Gasteiger partial charge in [-0.3, -0.25) is 4.98 Å². The number of ether oxygens (including phenoxy) is 2. The molecule has 2 rings (SSSR count). The van der Waals surface area contributed by atoms with Crippen LogP contribution in [-0.4, -0.2) is 22.5 Å². The van der Waals surface area contributed by atoms with Gasteiger partial charge in [-0.15, -0.1) is 12.6 Å². The van der Waals surface area contributed by atoms with E-state index in [4.69, 9.17) is 9.47 Å². The fourth-order valence-corrected chi connectivity index (χ4v) is 2.27. The van der Waals surface area contributed by atoms with Gasteiger partial charge in [-0.1, -0.05) is 0 Å². The monoisotopic (exact) mass is 373 g/mol. The molecule has 7 heteroatoms. The first-order chi connectivity index (χ1) is 9.83. The maximum Gasteiger partial charge on any atom is 0.360 e. The summed E-state index contributed by atoms with van der Waals surface area (Å²) in [6.45, 7) is 3.33. The number of hydrogen-bond acceptors (Lipinski definition) is 5. The highest BCUT2D eigenvalue weighted by Gasteiger charge is 2.33. The summed E-state index contributed by atoms with van der Waals surface area (Å²) in [7, 11) is 0. The molecule has 4 nitrogen and oxygen atoms in total. The van der Waals surface area contributed by atoms with Crippen LogP contribution >= 0.6 is 28.6 Å². The first kappa shape index (κ1) is 16.0. The largest absolute Gasteiger partial charge is 0.465 e. The van der Waals surface area contributed by atoms with Crippen molar-refractivity contribution in [3.63, 3.8) is 0 Å². The highest BCUT2D eigenvalue weighted by molar-refractivity contribution is 9.10. The van der Waals surface area contributed by atoms with E-state index in [1.165, 1.54) is 13.1 Å². The predicted molar refractivity (Wildman–Crippen MR) is 84.1 cm³/mol. The van der Waals surface area contributed by atoms with Crippen molar-refractivity contribution in [2.45, 2.75) is 18.8 Å². The van der Waals surface area contributed by atoms with Gasteiger partial charge in [0.15, 0.2) is 5.82 Å². The van der Waals surface area contributed by atoms with E-state index < -0.39 is 16.7 Å². The van der Waals surface area contributed by atoms with Crippen LogP contribution in [0.25, 0.3) is 10.9 Å². The summed E-state index contributed by atoms with van der Waals surface area (Å²) in [6.07, 6.45) is 1.51. The number of pyridine rings is 1. The molecule has 0 bridgehead atoms. The van der Waals surface area contributed by atoms with E-state index in [1.54, 1.807) is 19.1 Å². The molecule has 0 N–H and O–H groups in total. The van der Waals surface area contributed by atoms with Crippen LogP contribution < -0.4 is 4.74 Å². The molecule has 2 aromatic rings. The molecule has 0 aliphatic carbocycles. The van der Waals surface area contributed by atoms with Crippen LogP contribution in [0.15, 0.2) is 28.9 Å². The van der Waals surface area contributed by atoms with Gasteiger partial charge in [-0.2, -0.15) is 0 Å². The van der Waals surface area contributed by atoms with Crippen LogP contribution in [0, 0.1) is 5.82 Å². The molecule has 112 valence electrons. The minimum atomic E-state index is -1.50. The Bertz CT molecular complexity index is 693. The molecule has 0 aliphatic rings. The second-order valence-corrected chi connectivity index (χ2v) is 6.20. The maximum absolute atomic E-state index is 14.0. The van der Waals surface area contributed by atoms with E-state index in [9.17, 15) is 9.18 Å². The number of benzene rings is 1. The van der Waals surface area contributed by atoms with E-state index in [0.717, 1.165) is 6.07 Å². The van der Waals surface area contributed by atoms with E-state index in [-0.39, 0.29) is 17.9 Å². The molecular weight excluding hydrogens is 361 g/mol. The fraction of sp³-hybridized carbons (Fsp3) is 0.286. The summed E-state index contributed by atoms with van der Waals surface area (Å²) in [4.78, 5) is 14.2. The third-order valence-electron chi connectivity index (χ3n) is 2.65. The van der Waals surface area contributed by atoms with Crippen molar-refractivity contribution in [1.29, 1.82) is 0 Å². The van der Waals surface area contributed by atoms with Crippen molar-refractivity contribution >= 4 is 45.4 Å². The summed E-state index contributed by atoms with van der Waals surface area (Å²) in [5, 5.41) is 0.548. The minimum absolute atomic E-state index is 0.172. The number of nitrogens with zero attached hydrogens (tertiary/aromatic N) is 1. The van der Waals surface area contributed by atoms with Crippen LogP contribution in [0.4, 0.5) is 4.39 Å². The zero-order valence-corrected chi connectivity index (χ0v) is 13.9. The highest BCUT2D eigenvalue weighted by atomic mass is 79.9. The Kier molecular flexibility index (Phi) is 4.73. The molecular formula is C14H13BrFNO3S. The van der Waals surface area contributed by atoms with Gasteiger partial charge in [0.2, 0.25) is 4.93 Å². The zero-order valence-electron chi connectivity index (χ0n) is 11.4. The first-order valence-corrected chi connectivity index (χ1v) is 7.41. The van der Waals surface area contributed by atoms with E-state index in [0.29, 0.717) is 9.86 Å². The Morgan fingerprint density at radius 3 is 2.86 bits per heavy atom. The van der Waals surface area contributed by atoms with Gasteiger partial charge >= 0.3 is 5.97 Å². The Balaban J connectivity index is 2.36. The summed E-state index contributed by atoms with van der Waals surface area (Å²) in [5.74, 6) is -1.00. The van der Waals surface area contributed by atoms with E-state index in [2.05, 4.69) is 33.5 Å². The molecule has 1 unspecified atom stereocenters. The van der Waals surface area contributed by atoms with Crippen LogP contribution in [0.5, 0.6) is 5.75 Å². The van der Waals surface area contributed by atoms with Gasteiger partial charge in [-0.25, -0.2) is 9.18 Å². The lowest BCUT2D eigenvalue weighted by molar-refractivity contribution is -0.152. The molecule has 1 aromatic heterocycles. The SMILES string of the molecule is CCOC(=O)C(C)(S)Oc1cc(F)c2ncc(Br)cc2c1. The maximum atomic E-state index is 14.0. The van der Waals surface area contributed by atoms with Gasteiger partial charge < -0.3 is 9.47 Å². The number of esters is 1. The van der Waals surface area contributed by atoms with Crippen LogP contribution in [0.2, 0.25) is 0 Å². The third kappa shape index (κ3) is 3.65. The molecule has 1 heterocycles. The lowest BCUT2D eigenvalue weighted by Crippen LogP contribution is -2.37. The second-order valence-electron chi connectivity index (χ2n) is 4.44. The van der Waals surface area contributed by atoms with Gasteiger partial charge in [0, 0.05) is 22.1 Å². The van der Waals surface area contributed by atoms with E-state index in [1.807, 2.05) is 0 Å². The number of rotatable bonds is 4.